The van der Waals surface area contributed by atoms with Gasteiger partial charge in [0.05, 0.1) is 0 Å². The zero-order chi connectivity index (χ0) is 6.97. The minimum atomic E-state index is 1.06. The Morgan fingerprint density at radius 2 is 2.50 bits per heavy atom. The molecule has 3 heteroatoms. The van der Waals surface area contributed by atoms with Gasteiger partial charge in [0.25, 0.3) is 0 Å². The molecule has 0 radical (unpaired) electrons. The van der Waals surface area contributed by atoms with Crippen molar-refractivity contribution in [2.75, 3.05) is 7.05 Å². The third-order valence-electron chi connectivity index (χ3n) is 1.85. The van der Waals surface area contributed by atoms with Gasteiger partial charge in [-0.15, -0.1) is 11.3 Å². The van der Waals surface area contributed by atoms with Gasteiger partial charge in [0.1, 0.15) is 0 Å². The first-order valence-electron chi connectivity index (χ1n) is 3.38. The molecule has 2 rings (SSSR count). The van der Waals surface area contributed by atoms with E-state index in [0.717, 1.165) is 13.1 Å². The van der Waals surface area contributed by atoms with E-state index in [0.29, 0.717) is 0 Å². The second kappa shape index (κ2) is 2.34. The molecular weight excluding hydrogens is 144 g/mol. The van der Waals surface area contributed by atoms with Crippen molar-refractivity contribution in [3.8, 4) is 0 Å². The maximum atomic E-state index is 3.14. The molecule has 1 N–H and O–H groups in total. The molecular formula is C7H10N2S. The van der Waals surface area contributed by atoms with Gasteiger partial charge in [-0.3, -0.25) is 5.43 Å². The standard InChI is InChI=1S/C7H10N2S/c1-8-9-4-6-2-3-10-7(6)5-9/h2-3,8H,4-5H2,1H3. The van der Waals surface area contributed by atoms with Crippen LogP contribution < -0.4 is 5.43 Å². The predicted octanol–water partition coefficient (Wildman–Crippen LogP) is 1.20. The molecule has 1 aliphatic heterocycles. The first-order valence-corrected chi connectivity index (χ1v) is 4.25. The van der Waals surface area contributed by atoms with Crippen LogP contribution in [0.15, 0.2) is 11.4 Å². The van der Waals surface area contributed by atoms with Crippen molar-refractivity contribution in [2.24, 2.45) is 0 Å². The predicted molar refractivity (Wildman–Crippen MR) is 42.6 cm³/mol. The third kappa shape index (κ3) is 0.868. The second-order valence-electron chi connectivity index (χ2n) is 2.45. The Morgan fingerprint density at radius 1 is 1.60 bits per heavy atom. The van der Waals surface area contributed by atoms with Gasteiger partial charge in [0, 0.05) is 18.0 Å². The first kappa shape index (κ1) is 6.34. The maximum Gasteiger partial charge on any atom is 0.0482 e. The van der Waals surface area contributed by atoms with Crippen LogP contribution in [-0.2, 0) is 13.1 Å². The van der Waals surface area contributed by atoms with E-state index in [2.05, 4.69) is 21.9 Å². The van der Waals surface area contributed by atoms with Crippen molar-refractivity contribution in [2.45, 2.75) is 13.1 Å². The summed E-state index contributed by atoms with van der Waals surface area (Å²) in [6.07, 6.45) is 0. The van der Waals surface area contributed by atoms with E-state index < -0.39 is 0 Å². The number of thiophene rings is 1. The molecule has 0 aliphatic carbocycles. The van der Waals surface area contributed by atoms with Crippen LogP contribution in [0.5, 0.6) is 0 Å². The van der Waals surface area contributed by atoms with E-state index in [4.69, 9.17) is 0 Å². The molecule has 1 aromatic heterocycles. The Bertz CT molecular complexity index is 211. The Balaban J connectivity index is 2.21. The largest absolute Gasteiger partial charge is 0.258 e. The maximum absolute atomic E-state index is 3.14. The van der Waals surface area contributed by atoms with Gasteiger partial charge in [-0.25, -0.2) is 5.01 Å². The van der Waals surface area contributed by atoms with Crippen LogP contribution >= 0.6 is 11.3 Å². The van der Waals surface area contributed by atoms with Gasteiger partial charge in [0.15, 0.2) is 0 Å². The lowest BCUT2D eigenvalue weighted by molar-refractivity contribution is 0.213. The molecule has 0 saturated heterocycles. The molecule has 10 heavy (non-hydrogen) atoms. The summed E-state index contributed by atoms with van der Waals surface area (Å²) in [5.41, 5.74) is 4.62. The average molecular weight is 154 g/mol. The summed E-state index contributed by atoms with van der Waals surface area (Å²) in [7, 11) is 1.97. The van der Waals surface area contributed by atoms with Gasteiger partial charge >= 0.3 is 0 Å². The molecule has 54 valence electrons. The smallest absolute Gasteiger partial charge is 0.0482 e. The SMILES string of the molecule is CNN1Cc2ccsc2C1. The van der Waals surface area contributed by atoms with Crippen molar-refractivity contribution in [3.63, 3.8) is 0 Å². The number of fused-ring (bicyclic) bond motifs is 1. The summed E-state index contributed by atoms with van der Waals surface area (Å²) in [5.74, 6) is 0. The molecule has 0 atom stereocenters. The zero-order valence-corrected chi connectivity index (χ0v) is 6.74. The number of hydrazine groups is 1. The monoisotopic (exact) mass is 154 g/mol. The highest BCUT2D eigenvalue weighted by Crippen LogP contribution is 2.25. The number of hydrogen-bond acceptors (Lipinski definition) is 3. The van der Waals surface area contributed by atoms with Crippen LogP contribution in [0.3, 0.4) is 0 Å². The molecule has 1 aromatic rings. The molecule has 0 spiro atoms. The van der Waals surface area contributed by atoms with Gasteiger partial charge < -0.3 is 0 Å². The summed E-state index contributed by atoms with van der Waals surface area (Å²) in [6, 6.07) is 2.21. The lowest BCUT2D eigenvalue weighted by Crippen LogP contribution is -2.29. The topological polar surface area (TPSA) is 15.3 Å². The summed E-state index contributed by atoms with van der Waals surface area (Å²) >= 11 is 1.85. The average Bonchev–Trinajstić information content (AvgIpc) is 2.42. The van der Waals surface area contributed by atoms with Crippen LogP contribution in [0.4, 0.5) is 0 Å². The molecule has 0 saturated carbocycles. The van der Waals surface area contributed by atoms with Crippen LogP contribution in [0.25, 0.3) is 0 Å². The highest BCUT2D eigenvalue weighted by atomic mass is 32.1. The lowest BCUT2D eigenvalue weighted by Gasteiger charge is -2.11. The minimum absolute atomic E-state index is 1.06. The fraction of sp³-hybridized carbons (Fsp3) is 0.429. The Kier molecular flexibility index (Phi) is 1.48. The molecule has 1 aliphatic rings. The number of nitrogens with one attached hydrogen (secondary N) is 1. The molecule has 0 unspecified atom stereocenters. The van der Waals surface area contributed by atoms with Gasteiger partial charge in [-0.2, -0.15) is 0 Å². The number of rotatable bonds is 1. The van der Waals surface area contributed by atoms with E-state index in [9.17, 15) is 0 Å². The molecule has 0 bridgehead atoms. The fourth-order valence-corrected chi connectivity index (χ4v) is 2.15. The Hall–Kier alpha value is -0.380. The van der Waals surface area contributed by atoms with Crippen molar-refractivity contribution in [3.05, 3.63) is 21.9 Å². The van der Waals surface area contributed by atoms with Crippen molar-refractivity contribution >= 4 is 11.3 Å². The second-order valence-corrected chi connectivity index (χ2v) is 3.45. The van der Waals surface area contributed by atoms with E-state index in [1.165, 1.54) is 10.4 Å². The minimum Gasteiger partial charge on any atom is -0.258 e. The molecule has 0 aromatic carbocycles. The summed E-state index contributed by atoms with van der Waals surface area (Å²) in [4.78, 5) is 1.51. The molecule has 2 nitrogen and oxygen atoms in total. The first-order chi connectivity index (χ1) is 4.90. The van der Waals surface area contributed by atoms with Crippen LogP contribution in [0, 0.1) is 0 Å². The van der Waals surface area contributed by atoms with Gasteiger partial charge in [-0.1, -0.05) is 0 Å². The van der Waals surface area contributed by atoms with Crippen molar-refractivity contribution in [1.82, 2.24) is 10.4 Å². The van der Waals surface area contributed by atoms with Crippen LogP contribution in [-0.4, -0.2) is 12.1 Å². The van der Waals surface area contributed by atoms with Crippen LogP contribution in [0.2, 0.25) is 0 Å². The highest BCUT2D eigenvalue weighted by Gasteiger charge is 2.17. The van der Waals surface area contributed by atoms with E-state index in [1.54, 1.807) is 0 Å². The Labute approximate surface area is 64.4 Å². The quantitative estimate of drug-likeness (QED) is 0.654. The number of hydrogen-bond donors (Lipinski definition) is 1. The van der Waals surface area contributed by atoms with Crippen molar-refractivity contribution < 1.29 is 0 Å². The van der Waals surface area contributed by atoms with E-state index >= 15 is 0 Å². The van der Waals surface area contributed by atoms with E-state index in [-0.39, 0.29) is 0 Å². The Morgan fingerprint density at radius 3 is 3.20 bits per heavy atom. The van der Waals surface area contributed by atoms with Gasteiger partial charge in [-0.05, 0) is 24.1 Å². The van der Waals surface area contributed by atoms with Gasteiger partial charge in [0.2, 0.25) is 0 Å². The summed E-state index contributed by atoms with van der Waals surface area (Å²) in [5, 5.41) is 4.37. The third-order valence-corrected chi connectivity index (χ3v) is 2.80. The number of nitrogens with zero attached hydrogens (tertiary/aromatic N) is 1. The molecule has 0 amide bonds. The highest BCUT2D eigenvalue weighted by molar-refractivity contribution is 7.10. The zero-order valence-electron chi connectivity index (χ0n) is 5.92. The van der Waals surface area contributed by atoms with Crippen LogP contribution in [0.1, 0.15) is 10.4 Å². The van der Waals surface area contributed by atoms with Crippen molar-refractivity contribution in [1.29, 1.82) is 0 Å². The summed E-state index contributed by atoms with van der Waals surface area (Å²) in [6.45, 7) is 2.14. The van der Waals surface area contributed by atoms with E-state index in [1.807, 2.05) is 18.4 Å². The normalized spacial score (nSPS) is 17.7. The molecule has 0 fully saturated rings. The molecule has 2 heterocycles. The fourth-order valence-electron chi connectivity index (χ4n) is 1.24. The lowest BCUT2D eigenvalue weighted by atomic mass is 10.3. The summed E-state index contributed by atoms with van der Waals surface area (Å²) < 4.78 is 0.